The van der Waals surface area contributed by atoms with E-state index in [0.29, 0.717) is 26.4 Å². The van der Waals surface area contributed by atoms with E-state index in [1.54, 1.807) is 0 Å². The van der Waals surface area contributed by atoms with Gasteiger partial charge < -0.3 is 23.1 Å². The highest BCUT2D eigenvalue weighted by Crippen LogP contribution is 2.44. The van der Waals surface area contributed by atoms with Crippen molar-refractivity contribution < 1.29 is 23.1 Å². The van der Waals surface area contributed by atoms with Crippen LogP contribution >= 0.6 is 0 Å². The van der Waals surface area contributed by atoms with Gasteiger partial charge in [-0.15, -0.1) is 0 Å². The van der Waals surface area contributed by atoms with E-state index in [1.165, 1.54) is 21.5 Å². The van der Waals surface area contributed by atoms with Crippen LogP contribution in [0.1, 0.15) is 92.7 Å². The smallest absolute Gasteiger partial charge is 0.261 e. The molecule has 0 spiro atoms. The molecule has 0 aliphatic carbocycles. The fourth-order valence-electron chi connectivity index (χ4n) is 8.21. The van der Waals surface area contributed by atoms with Crippen LogP contribution in [-0.2, 0) is 36.3 Å². The fourth-order valence-corrected chi connectivity index (χ4v) is 14.2. The summed E-state index contributed by atoms with van der Waals surface area (Å²) in [6, 6.07) is 42.7. The Hall–Kier alpha value is -3.15. The molecular formula is C51H72O5Si2. The molecule has 1 saturated heterocycles. The van der Waals surface area contributed by atoms with Gasteiger partial charge >= 0.3 is 0 Å². The zero-order valence-electron chi connectivity index (χ0n) is 37.4. The molecular weight excluding hydrogens is 749 g/mol. The number of hydrogen-bond acceptors (Lipinski definition) is 5. The molecule has 5 rings (SSSR count). The summed E-state index contributed by atoms with van der Waals surface area (Å²) in [7, 11) is -4.88. The van der Waals surface area contributed by atoms with E-state index in [9.17, 15) is 0 Å². The topological polar surface area (TPSA) is 46.2 Å². The van der Waals surface area contributed by atoms with Crippen molar-refractivity contribution in [1.29, 1.82) is 0 Å². The zero-order chi connectivity index (χ0) is 42.0. The molecule has 0 bridgehead atoms. The zero-order valence-corrected chi connectivity index (χ0v) is 39.4. The Morgan fingerprint density at radius 2 is 1.26 bits per heavy atom. The molecule has 4 aromatic rings. The Balaban J connectivity index is 1.43. The van der Waals surface area contributed by atoms with Crippen LogP contribution in [0, 0.1) is 5.92 Å². The van der Waals surface area contributed by atoms with Gasteiger partial charge in [-0.25, -0.2) is 0 Å². The summed E-state index contributed by atoms with van der Waals surface area (Å²) in [4.78, 5) is 0. The lowest BCUT2D eigenvalue weighted by Crippen LogP contribution is -2.66. The molecule has 58 heavy (non-hydrogen) atoms. The SMILES string of the molecule is C/C(=C\[C@@H](C)CO[Si](c1ccccc1)(c1ccccc1)C(C)(C)C)[C@H]1O[C@@](C)(CCCOCc2ccccc2)[C@H](OCc2ccccc2)C[C@@H]1O[Si](C)(C)C(C)(C)C. The Kier molecular flexibility index (Phi) is 15.8. The van der Waals surface area contributed by atoms with Gasteiger partial charge in [0.25, 0.3) is 8.32 Å². The molecule has 0 unspecified atom stereocenters. The van der Waals surface area contributed by atoms with Crippen LogP contribution in [0.5, 0.6) is 0 Å². The highest BCUT2D eigenvalue weighted by molar-refractivity contribution is 6.99. The average Bonchev–Trinajstić information content (AvgIpc) is 3.18. The van der Waals surface area contributed by atoms with Crippen molar-refractivity contribution in [3.8, 4) is 0 Å². The van der Waals surface area contributed by atoms with Crippen LogP contribution in [0.4, 0.5) is 0 Å². The third-order valence-corrected chi connectivity index (χ3v) is 22.0. The maximum atomic E-state index is 7.43. The predicted octanol–water partition coefficient (Wildman–Crippen LogP) is 11.7. The second-order valence-electron chi connectivity index (χ2n) is 19.3. The van der Waals surface area contributed by atoms with Gasteiger partial charge in [0.05, 0.1) is 31.0 Å². The van der Waals surface area contributed by atoms with E-state index in [0.717, 1.165) is 24.8 Å². The van der Waals surface area contributed by atoms with Crippen molar-refractivity contribution in [2.75, 3.05) is 13.2 Å². The van der Waals surface area contributed by atoms with E-state index in [1.807, 2.05) is 6.07 Å². The van der Waals surface area contributed by atoms with Crippen molar-refractivity contribution in [2.45, 2.75) is 142 Å². The lowest BCUT2D eigenvalue weighted by atomic mass is 9.83. The lowest BCUT2D eigenvalue weighted by molar-refractivity contribution is -0.225. The molecule has 5 nitrogen and oxygen atoms in total. The third-order valence-electron chi connectivity index (χ3n) is 12.5. The number of benzene rings is 4. The largest absolute Gasteiger partial charge is 0.411 e. The van der Waals surface area contributed by atoms with E-state index in [-0.39, 0.29) is 34.3 Å². The molecule has 1 aliphatic rings. The monoisotopic (exact) mass is 820 g/mol. The van der Waals surface area contributed by atoms with Gasteiger partial charge in [-0.2, -0.15) is 0 Å². The molecule has 314 valence electrons. The molecule has 0 aromatic heterocycles. The van der Waals surface area contributed by atoms with Crippen molar-refractivity contribution in [3.63, 3.8) is 0 Å². The van der Waals surface area contributed by atoms with Crippen LogP contribution in [0.2, 0.25) is 23.2 Å². The van der Waals surface area contributed by atoms with Crippen molar-refractivity contribution in [2.24, 2.45) is 5.92 Å². The van der Waals surface area contributed by atoms with Gasteiger partial charge in [-0.05, 0) is 82.9 Å². The summed E-state index contributed by atoms with van der Waals surface area (Å²) in [5.74, 6) is 0.142. The first-order chi connectivity index (χ1) is 27.5. The summed E-state index contributed by atoms with van der Waals surface area (Å²) in [6.07, 6.45) is 4.28. The minimum absolute atomic E-state index is 0.0450. The van der Waals surface area contributed by atoms with Crippen LogP contribution in [0.25, 0.3) is 0 Å². The third kappa shape index (κ3) is 11.6. The van der Waals surface area contributed by atoms with Crippen LogP contribution < -0.4 is 10.4 Å². The minimum atomic E-state index is -2.69. The highest BCUT2D eigenvalue weighted by Gasteiger charge is 2.52. The molecule has 0 N–H and O–H groups in total. The summed E-state index contributed by atoms with van der Waals surface area (Å²) in [5, 5.41) is 2.54. The maximum absolute atomic E-state index is 7.43. The molecule has 5 atom stereocenters. The second kappa shape index (κ2) is 19.9. The minimum Gasteiger partial charge on any atom is -0.411 e. The Labute approximate surface area is 353 Å². The van der Waals surface area contributed by atoms with E-state index < -0.39 is 22.2 Å². The molecule has 1 heterocycles. The predicted molar refractivity (Wildman–Crippen MR) is 247 cm³/mol. The quantitative estimate of drug-likeness (QED) is 0.0568. The first-order valence-corrected chi connectivity index (χ1v) is 26.3. The summed E-state index contributed by atoms with van der Waals surface area (Å²) in [6.45, 7) is 27.8. The molecule has 4 aromatic carbocycles. The van der Waals surface area contributed by atoms with Crippen molar-refractivity contribution in [1.82, 2.24) is 0 Å². The second-order valence-corrected chi connectivity index (χ2v) is 28.4. The molecule has 1 fully saturated rings. The van der Waals surface area contributed by atoms with Gasteiger partial charge in [0.2, 0.25) is 0 Å². The van der Waals surface area contributed by atoms with E-state index in [2.05, 4.69) is 197 Å². The van der Waals surface area contributed by atoms with Gasteiger partial charge in [-0.3, -0.25) is 0 Å². The number of ether oxygens (including phenoxy) is 3. The summed E-state index contributed by atoms with van der Waals surface area (Å²) in [5.41, 5.74) is 2.99. The molecule has 0 saturated carbocycles. The Bertz CT molecular complexity index is 1800. The maximum Gasteiger partial charge on any atom is 0.261 e. The summed E-state index contributed by atoms with van der Waals surface area (Å²) < 4.78 is 35.2. The fraction of sp³-hybridized carbons (Fsp3) is 0.490. The molecule has 7 heteroatoms. The average molecular weight is 821 g/mol. The Morgan fingerprint density at radius 1 is 0.759 bits per heavy atom. The molecule has 0 amide bonds. The number of hydrogen-bond donors (Lipinski definition) is 0. The summed E-state index contributed by atoms with van der Waals surface area (Å²) >= 11 is 0. The standard InChI is InChI=1S/C51H72O5Si2/c1-40(37-54-58(50(6,7)8,44-29-20-14-21-30-44)45-31-22-15-23-32-45)35-41(2)48-46(56-57(10,11)49(3,4)5)36-47(53-39-43-27-18-13-19-28-43)51(9,55-48)33-24-34-52-38-42-25-16-12-17-26-42/h12-23,25-32,35,40,46-48H,24,33-34,36-39H2,1-11H3/b41-35+/t40-,46+,47-,48-,51+/m1/s1. The normalized spacial score (nSPS) is 21.5. The highest BCUT2D eigenvalue weighted by atomic mass is 28.4. The van der Waals surface area contributed by atoms with Crippen molar-refractivity contribution in [3.05, 3.63) is 144 Å². The van der Waals surface area contributed by atoms with Crippen LogP contribution in [0.3, 0.4) is 0 Å². The van der Waals surface area contributed by atoms with Crippen LogP contribution in [-0.4, -0.2) is 53.8 Å². The molecule has 0 radical (unpaired) electrons. The van der Waals surface area contributed by atoms with E-state index >= 15 is 0 Å². The van der Waals surface area contributed by atoms with Gasteiger partial charge in [0.1, 0.15) is 6.10 Å². The van der Waals surface area contributed by atoms with Crippen LogP contribution in [0.15, 0.2) is 133 Å². The first kappa shape index (κ1) is 45.9. The van der Waals surface area contributed by atoms with Gasteiger partial charge in [-0.1, -0.05) is 176 Å². The Morgan fingerprint density at radius 3 is 1.76 bits per heavy atom. The number of rotatable bonds is 18. The molecule has 1 aliphatic heterocycles. The lowest BCUT2D eigenvalue weighted by Gasteiger charge is -2.51. The van der Waals surface area contributed by atoms with Gasteiger partial charge in [0, 0.05) is 19.6 Å². The van der Waals surface area contributed by atoms with E-state index in [4.69, 9.17) is 23.1 Å². The van der Waals surface area contributed by atoms with Crippen molar-refractivity contribution >= 4 is 27.0 Å². The van der Waals surface area contributed by atoms with Gasteiger partial charge in [0.15, 0.2) is 8.32 Å². The first-order valence-electron chi connectivity index (χ1n) is 21.5.